The molecule has 1 unspecified atom stereocenters. The highest BCUT2D eigenvalue weighted by molar-refractivity contribution is 5.89. The van der Waals surface area contributed by atoms with Crippen LogP contribution >= 0.6 is 0 Å². The van der Waals surface area contributed by atoms with E-state index in [2.05, 4.69) is 16.7 Å². The molecule has 3 heteroatoms. The Hall–Kier alpha value is -1.35. The number of rotatable bonds is 2. The number of hydrogen-bond donors (Lipinski definition) is 2. The normalized spacial score (nSPS) is 20.2. The third-order valence-corrected chi connectivity index (χ3v) is 2.77. The average Bonchev–Trinajstić information content (AvgIpc) is 2.70. The molecule has 80 valence electrons. The molecule has 1 amide bonds. The van der Waals surface area contributed by atoms with E-state index in [-0.39, 0.29) is 5.91 Å². The zero-order chi connectivity index (χ0) is 10.7. The summed E-state index contributed by atoms with van der Waals surface area (Å²) >= 11 is 0. The van der Waals surface area contributed by atoms with Gasteiger partial charge in [-0.25, -0.2) is 0 Å². The molecule has 2 rings (SSSR count). The smallest absolute Gasteiger partial charge is 0.221 e. The van der Waals surface area contributed by atoms with Gasteiger partial charge in [0.05, 0.1) is 0 Å². The average molecular weight is 204 g/mol. The first-order chi connectivity index (χ1) is 7.27. The second kappa shape index (κ2) is 4.45. The Kier molecular flexibility index (Phi) is 3.02. The molecule has 3 nitrogen and oxygen atoms in total. The molecule has 2 N–H and O–H groups in total. The lowest BCUT2D eigenvalue weighted by Gasteiger charge is -2.14. The molecule has 0 aliphatic carbocycles. The van der Waals surface area contributed by atoms with Crippen LogP contribution in [-0.4, -0.2) is 19.0 Å². The number of para-hydroxylation sites is 1. The van der Waals surface area contributed by atoms with Crippen LogP contribution in [0.15, 0.2) is 24.3 Å². The first-order valence-electron chi connectivity index (χ1n) is 5.34. The third-order valence-electron chi connectivity index (χ3n) is 2.77. The van der Waals surface area contributed by atoms with Crippen molar-refractivity contribution in [3.05, 3.63) is 29.8 Å². The maximum atomic E-state index is 11.1. The lowest BCUT2D eigenvalue weighted by atomic mass is 9.96. The third kappa shape index (κ3) is 2.36. The van der Waals surface area contributed by atoms with Crippen LogP contribution in [0.25, 0.3) is 0 Å². The monoisotopic (exact) mass is 204 g/mol. The molecule has 1 aromatic carbocycles. The predicted octanol–water partition coefficient (Wildman–Crippen LogP) is 1.72. The topological polar surface area (TPSA) is 41.1 Å². The van der Waals surface area contributed by atoms with E-state index in [1.165, 1.54) is 5.56 Å². The summed E-state index contributed by atoms with van der Waals surface area (Å²) in [4.78, 5) is 11.1. The Labute approximate surface area is 89.9 Å². The van der Waals surface area contributed by atoms with Crippen LogP contribution in [0.4, 0.5) is 5.69 Å². The van der Waals surface area contributed by atoms with E-state index in [4.69, 9.17) is 0 Å². The quantitative estimate of drug-likeness (QED) is 0.770. The summed E-state index contributed by atoms with van der Waals surface area (Å²) in [5, 5.41) is 6.22. The number of anilines is 1. The number of carbonyl (C=O) groups excluding carboxylic acids is 1. The van der Waals surface area contributed by atoms with Gasteiger partial charge < -0.3 is 10.6 Å². The summed E-state index contributed by atoms with van der Waals surface area (Å²) in [6.07, 6.45) is 1.15. The maximum Gasteiger partial charge on any atom is 0.221 e. The van der Waals surface area contributed by atoms with Gasteiger partial charge in [0.25, 0.3) is 0 Å². The van der Waals surface area contributed by atoms with Crippen LogP contribution in [0.5, 0.6) is 0 Å². The lowest BCUT2D eigenvalue weighted by molar-refractivity contribution is -0.114. The number of benzene rings is 1. The first-order valence-corrected chi connectivity index (χ1v) is 5.34. The standard InChI is InChI=1S/C12H16N2O/c1-9(15)14-12-5-3-2-4-11(12)10-6-7-13-8-10/h2-5,10,13H,6-8H2,1H3,(H,14,15). The second-order valence-corrected chi connectivity index (χ2v) is 3.96. The van der Waals surface area contributed by atoms with E-state index in [0.717, 1.165) is 25.2 Å². The minimum Gasteiger partial charge on any atom is -0.326 e. The first kappa shape index (κ1) is 10.2. The molecule has 0 bridgehead atoms. The van der Waals surface area contributed by atoms with Crippen molar-refractivity contribution < 1.29 is 4.79 Å². The Morgan fingerprint density at radius 2 is 2.27 bits per heavy atom. The fourth-order valence-electron chi connectivity index (χ4n) is 2.08. The Morgan fingerprint density at radius 3 is 2.93 bits per heavy atom. The maximum absolute atomic E-state index is 11.1. The van der Waals surface area contributed by atoms with Crippen molar-refractivity contribution in [2.24, 2.45) is 0 Å². The Balaban J connectivity index is 2.24. The largest absolute Gasteiger partial charge is 0.326 e. The molecular weight excluding hydrogens is 188 g/mol. The van der Waals surface area contributed by atoms with Crippen LogP contribution in [0, 0.1) is 0 Å². The fraction of sp³-hybridized carbons (Fsp3) is 0.417. The van der Waals surface area contributed by atoms with Crippen molar-refractivity contribution in [2.75, 3.05) is 18.4 Å². The molecule has 15 heavy (non-hydrogen) atoms. The van der Waals surface area contributed by atoms with Crippen molar-refractivity contribution in [1.82, 2.24) is 5.32 Å². The second-order valence-electron chi connectivity index (χ2n) is 3.96. The van der Waals surface area contributed by atoms with Crippen LogP contribution in [-0.2, 0) is 4.79 Å². The molecular formula is C12H16N2O. The van der Waals surface area contributed by atoms with Gasteiger partial charge in [-0.2, -0.15) is 0 Å². The molecule has 1 atom stereocenters. The number of nitrogens with one attached hydrogen (secondary N) is 2. The Bertz CT molecular complexity index is 356. The molecule has 1 aromatic rings. The Morgan fingerprint density at radius 1 is 1.47 bits per heavy atom. The van der Waals surface area contributed by atoms with Crippen molar-refractivity contribution in [3.8, 4) is 0 Å². The van der Waals surface area contributed by atoms with Gasteiger partial charge >= 0.3 is 0 Å². The molecule has 0 spiro atoms. The van der Waals surface area contributed by atoms with Gasteiger partial charge in [-0.1, -0.05) is 18.2 Å². The molecule has 1 fully saturated rings. The van der Waals surface area contributed by atoms with Crippen LogP contribution < -0.4 is 10.6 Å². The predicted molar refractivity (Wildman–Crippen MR) is 61.0 cm³/mol. The summed E-state index contributed by atoms with van der Waals surface area (Å²) < 4.78 is 0. The number of hydrogen-bond acceptors (Lipinski definition) is 2. The van der Waals surface area contributed by atoms with Crippen molar-refractivity contribution in [1.29, 1.82) is 0 Å². The summed E-state index contributed by atoms with van der Waals surface area (Å²) in [5.74, 6) is 0.529. The SMILES string of the molecule is CC(=O)Nc1ccccc1C1CCNC1. The highest BCUT2D eigenvalue weighted by Crippen LogP contribution is 2.28. The van der Waals surface area contributed by atoms with E-state index in [9.17, 15) is 4.79 Å². The van der Waals surface area contributed by atoms with Crippen molar-refractivity contribution in [3.63, 3.8) is 0 Å². The molecule has 0 radical (unpaired) electrons. The lowest BCUT2D eigenvalue weighted by Crippen LogP contribution is -2.12. The van der Waals surface area contributed by atoms with Crippen LogP contribution in [0.1, 0.15) is 24.8 Å². The highest BCUT2D eigenvalue weighted by Gasteiger charge is 2.19. The molecule has 0 aromatic heterocycles. The van der Waals surface area contributed by atoms with E-state index < -0.39 is 0 Å². The summed E-state index contributed by atoms with van der Waals surface area (Å²) in [6.45, 7) is 3.62. The zero-order valence-electron chi connectivity index (χ0n) is 8.92. The van der Waals surface area contributed by atoms with E-state index in [1.54, 1.807) is 6.92 Å². The zero-order valence-corrected chi connectivity index (χ0v) is 8.92. The van der Waals surface area contributed by atoms with E-state index >= 15 is 0 Å². The minimum absolute atomic E-state index is 0.00611. The molecule has 1 aliphatic rings. The molecule has 1 saturated heterocycles. The van der Waals surface area contributed by atoms with Gasteiger partial charge in [0.15, 0.2) is 0 Å². The summed E-state index contributed by atoms with van der Waals surface area (Å²) in [7, 11) is 0. The molecule has 1 aliphatic heterocycles. The minimum atomic E-state index is -0.00611. The van der Waals surface area contributed by atoms with Gasteiger partial charge in [-0.3, -0.25) is 4.79 Å². The van der Waals surface area contributed by atoms with Gasteiger partial charge in [0.2, 0.25) is 5.91 Å². The molecule has 0 saturated carbocycles. The van der Waals surface area contributed by atoms with Crippen LogP contribution in [0.2, 0.25) is 0 Å². The fourth-order valence-corrected chi connectivity index (χ4v) is 2.08. The van der Waals surface area contributed by atoms with Gasteiger partial charge in [0, 0.05) is 19.2 Å². The summed E-state index contributed by atoms with van der Waals surface area (Å²) in [6, 6.07) is 8.05. The van der Waals surface area contributed by atoms with Gasteiger partial charge in [-0.15, -0.1) is 0 Å². The van der Waals surface area contributed by atoms with Crippen LogP contribution in [0.3, 0.4) is 0 Å². The van der Waals surface area contributed by atoms with Crippen molar-refractivity contribution in [2.45, 2.75) is 19.3 Å². The highest BCUT2D eigenvalue weighted by atomic mass is 16.1. The number of carbonyl (C=O) groups is 1. The number of amides is 1. The molecule has 1 heterocycles. The van der Waals surface area contributed by atoms with Gasteiger partial charge in [0.1, 0.15) is 0 Å². The summed E-state index contributed by atoms with van der Waals surface area (Å²) in [5.41, 5.74) is 2.21. The van der Waals surface area contributed by atoms with Crippen molar-refractivity contribution >= 4 is 11.6 Å². The van der Waals surface area contributed by atoms with E-state index in [1.807, 2.05) is 18.2 Å². The van der Waals surface area contributed by atoms with Gasteiger partial charge in [-0.05, 0) is 30.5 Å². The van der Waals surface area contributed by atoms with E-state index in [0.29, 0.717) is 5.92 Å².